The Hall–Kier alpha value is -2.43. The van der Waals surface area contributed by atoms with Crippen LogP contribution in [0, 0.1) is 6.92 Å². The normalized spacial score (nSPS) is 10.8. The van der Waals surface area contributed by atoms with Crippen LogP contribution in [-0.2, 0) is 0 Å². The van der Waals surface area contributed by atoms with Crippen LogP contribution in [0.2, 0.25) is 0 Å². The number of ether oxygens (including phenoxy) is 1. The van der Waals surface area contributed by atoms with Crippen molar-refractivity contribution in [2.75, 3.05) is 7.11 Å². The molecule has 0 fully saturated rings. The van der Waals surface area contributed by atoms with Crippen LogP contribution in [0.25, 0.3) is 16.9 Å². The molecule has 0 aliphatic heterocycles. The van der Waals surface area contributed by atoms with E-state index in [1.54, 1.807) is 24.0 Å². The quantitative estimate of drug-likeness (QED) is 0.688. The van der Waals surface area contributed by atoms with Crippen LogP contribution < -0.4 is 4.74 Å². The summed E-state index contributed by atoms with van der Waals surface area (Å²) in [6.07, 6.45) is 5.41. The van der Waals surface area contributed by atoms with E-state index in [1.165, 1.54) is 0 Å². The number of aromatic nitrogens is 4. The minimum atomic E-state index is 0.596. The predicted molar refractivity (Wildman–Crippen MR) is 67.5 cm³/mol. The Balaban J connectivity index is 2.15. The zero-order valence-electron chi connectivity index (χ0n) is 10.2. The summed E-state index contributed by atoms with van der Waals surface area (Å²) in [6.45, 7) is 2.01. The first kappa shape index (κ1) is 10.7. The third-order valence-electron chi connectivity index (χ3n) is 2.84. The summed E-state index contributed by atoms with van der Waals surface area (Å²) in [6, 6.07) is 5.63. The van der Waals surface area contributed by atoms with Crippen LogP contribution in [0.3, 0.4) is 0 Å². The van der Waals surface area contributed by atoms with Gasteiger partial charge in [0.05, 0.1) is 12.8 Å². The van der Waals surface area contributed by atoms with Crippen LogP contribution in [-0.4, -0.2) is 26.7 Å². The van der Waals surface area contributed by atoms with E-state index in [0.29, 0.717) is 5.88 Å². The van der Waals surface area contributed by atoms with Gasteiger partial charge in [0.2, 0.25) is 5.88 Å². The monoisotopic (exact) mass is 240 g/mol. The van der Waals surface area contributed by atoms with E-state index in [1.807, 2.05) is 31.3 Å². The number of fused-ring (bicyclic) bond motifs is 1. The van der Waals surface area contributed by atoms with E-state index in [-0.39, 0.29) is 0 Å². The molecule has 0 saturated heterocycles. The van der Waals surface area contributed by atoms with Crippen LogP contribution in [0.5, 0.6) is 5.88 Å². The molecule has 0 unspecified atom stereocenters. The van der Waals surface area contributed by atoms with Gasteiger partial charge in [-0.1, -0.05) is 0 Å². The molecule has 0 spiro atoms. The molecule has 0 radical (unpaired) electrons. The van der Waals surface area contributed by atoms with E-state index >= 15 is 0 Å². The van der Waals surface area contributed by atoms with Crippen LogP contribution in [0.15, 0.2) is 36.8 Å². The van der Waals surface area contributed by atoms with Crippen molar-refractivity contribution >= 4 is 5.65 Å². The van der Waals surface area contributed by atoms with Gasteiger partial charge in [-0.15, -0.1) is 0 Å². The molecule has 0 amide bonds. The molecule has 0 aromatic carbocycles. The van der Waals surface area contributed by atoms with Crippen molar-refractivity contribution < 1.29 is 4.74 Å². The molecule has 5 nitrogen and oxygen atoms in total. The average Bonchev–Trinajstić information content (AvgIpc) is 2.77. The molecule has 0 atom stereocenters. The summed E-state index contributed by atoms with van der Waals surface area (Å²) in [5, 5.41) is 4.51. The van der Waals surface area contributed by atoms with Crippen molar-refractivity contribution in [1.82, 2.24) is 19.6 Å². The minimum absolute atomic E-state index is 0.596. The zero-order valence-corrected chi connectivity index (χ0v) is 10.2. The average molecular weight is 240 g/mol. The fraction of sp³-hybridized carbons (Fsp3) is 0.154. The Morgan fingerprint density at radius 2 is 2.11 bits per heavy atom. The predicted octanol–water partition coefficient (Wildman–Crippen LogP) is 2.11. The van der Waals surface area contributed by atoms with Crippen molar-refractivity contribution in [3.63, 3.8) is 0 Å². The SMILES string of the molecule is COc1ccc(-c2nn3cccnc3c2C)cn1. The molecule has 0 aliphatic carbocycles. The van der Waals surface area contributed by atoms with Gasteiger partial charge in [0, 0.05) is 35.8 Å². The van der Waals surface area contributed by atoms with E-state index in [0.717, 1.165) is 22.5 Å². The van der Waals surface area contributed by atoms with Crippen molar-refractivity contribution in [1.29, 1.82) is 0 Å². The summed E-state index contributed by atoms with van der Waals surface area (Å²) in [4.78, 5) is 8.51. The first-order valence-corrected chi connectivity index (χ1v) is 5.60. The standard InChI is InChI=1S/C13H12N4O/c1-9-12(10-4-5-11(18-2)15-8-10)16-17-7-3-6-14-13(9)17/h3-8H,1-2H3. The topological polar surface area (TPSA) is 52.3 Å². The summed E-state index contributed by atoms with van der Waals surface area (Å²) in [5.41, 5.74) is 3.76. The lowest BCUT2D eigenvalue weighted by Crippen LogP contribution is -1.89. The number of nitrogens with zero attached hydrogens (tertiary/aromatic N) is 4. The first-order chi connectivity index (χ1) is 8.79. The lowest BCUT2D eigenvalue weighted by Gasteiger charge is -2.00. The maximum absolute atomic E-state index is 5.05. The summed E-state index contributed by atoms with van der Waals surface area (Å²) < 4.78 is 6.82. The second-order valence-corrected chi connectivity index (χ2v) is 3.95. The summed E-state index contributed by atoms with van der Waals surface area (Å²) in [5.74, 6) is 0.596. The molecular formula is C13H12N4O. The van der Waals surface area contributed by atoms with Crippen LogP contribution in [0.4, 0.5) is 0 Å². The van der Waals surface area contributed by atoms with Gasteiger partial charge >= 0.3 is 0 Å². The van der Waals surface area contributed by atoms with Crippen LogP contribution in [0.1, 0.15) is 5.56 Å². The third kappa shape index (κ3) is 1.60. The lowest BCUT2D eigenvalue weighted by atomic mass is 10.1. The van der Waals surface area contributed by atoms with Crippen molar-refractivity contribution in [3.8, 4) is 17.1 Å². The minimum Gasteiger partial charge on any atom is -0.481 e. The highest BCUT2D eigenvalue weighted by Gasteiger charge is 2.11. The third-order valence-corrected chi connectivity index (χ3v) is 2.84. The highest BCUT2D eigenvalue weighted by Crippen LogP contribution is 2.24. The molecule has 3 rings (SSSR count). The van der Waals surface area contributed by atoms with Gasteiger partial charge in [0.25, 0.3) is 0 Å². The zero-order chi connectivity index (χ0) is 12.5. The molecular weight excluding hydrogens is 228 g/mol. The molecule has 3 aromatic heterocycles. The Labute approximate surface area is 104 Å². The van der Waals surface area contributed by atoms with Gasteiger partial charge in [0.1, 0.15) is 0 Å². The molecule has 90 valence electrons. The van der Waals surface area contributed by atoms with Gasteiger partial charge in [-0.2, -0.15) is 5.10 Å². The van der Waals surface area contributed by atoms with Gasteiger partial charge in [-0.25, -0.2) is 14.5 Å². The Morgan fingerprint density at radius 3 is 2.78 bits per heavy atom. The van der Waals surface area contributed by atoms with E-state index in [4.69, 9.17) is 4.74 Å². The second kappa shape index (κ2) is 4.10. The maximum Gasteiger partial charge on any atom is 0.212 e. The van der Waals surface area contributed by atoms with E-state index < -0.39 is 0 Å². The second-order valence-electron chi connectivity index (χ2n) is 3.95. The molecule has 18 heavy (non-hydrogen) atoms. The molecule has 3 aromatic rings. The Bertz CT molecular complexity index is 688. The molecule has 0 N–H and O–H groups in total. The first-order valence-electron chi connectivity index (χ1n) is 5.60. The molecule has 0 bridgehead atoms. The Morgan fingerprint density at radius 1 is 1.22 bits per heavy atom. The van der Waals surface area contributed by atoms with Crippen molar-refractivity contribution in [3.05, 3.63) is 42.4 Å². The van der Waals surface area contributed by atoms with Crippen LogP contribution >= 0.6 is 0 Å². The lowest BCUT2D eigenvalue weighted by molar-refractivity contribution is 0.398. The Kier molecular flexibility index (Phi) is 2.44. The smallest absolute Gasteiger partial charge is 0.212 e. The highest BCUT2D eigenvalue weighted by atomic mass is 16.5. The number of hydrogen-bond donors (Lipinski definition) is 0. The fourth-order valence-corrected chi connectivity index (χ4v) is 1.92. The highest BCUT2D eigenvalue weighted by molar-refractivity contribution is 5.69. The van der Waals surface area contributed by atoms with Gasteiger partial charge in [-0.3, -0.25) is 0 Å². The van der Waals surface area contributed by atoms with Gasteiger partial charge in [-0.05, 0) is 19.1 Å². The van der Waals surface area contributed by atoms with E-state index in [9.17, 15) is 0 Å². The number of hydrogen-bond acceptors (Lipinski definition) is 4. The summed E-state index contributed by atoms with van der Waals surface area (Å²) in [7, 11) is 1.60. The number of methoxy groups -OCH3 is 1. The molecule has 3 heterocycles. The molecule has 0 saturated carbocycles. The largest absolute Gasteiger partial charge is 0.481 e. The van der Waals surface area contributed by atoms with Crippen molar-refractivity contribution in [2.45, 2.75) is 6.92 Å². The fourth-order valence-electron chi connectivity index (χ4n) is 1.92. The van der Waals surface area contributed by atoms with E-state index in [2.05, 4.69) is 15.1 Å². The molecule has 5 heteroatoms. The number of pyridine rings is 1. The van der Waals surface area contributed by atoms with Gasteiger partial charge in [0.15, 0.2) is 5.65 Å². The maximum atomic E-state index is 5.05. The number of rotatable bonds is 2. The van der Waals surface area contributed by atoms with Gasteiger partial charge < -0.3 is 4.74 Å². The van der Waals surface area contributed by atoms with Crippen molar-refractivity contribution in [2.24, 2.45) is 0 Å². The summed E-state index contributed by atoms with van der Waals surface area (Å²) >= 11 is 0. The molecule has 0 aliphatic rings. The number of aryl methyl sites for hydroxylation is 1.